The third-order valence-corrected chi connectivity index (χ3v) is 6.25. The highest BCUT2D eigenvalue weighted by atomic mass is 16.2. The van der Waals surface area contributed by atoms with Crippen LogP contribution in [0.15, 0.2) is 65.7 Å². The smallest absolute Gasteiger partial charge is 0.284 e. The summed E-state index contributed by atoms with van der Waals surface area (Å²) in [7, 11) is 0. The Hall–Kier alpha value is -3.25. The van der Waals surface area contributed by atoms with Gasteiger partial charge in [-0.25, -0.2) is 4.99 Å². The van der Waals surface area contributed by atoms with Crippen molar-refractivity contribution in [3.05, 3.63) is 83.0 Å². The average Bonchev–Trinajstić information content (AvgIpc) is 3.09. The molecule has 0 N–H and O–H groups in total. The number of rotatable bonds is 4. The average molecular weight is 427 g/mol. The van der Waals surface area contributed by atoms with Crippen LogP contribution in [0.5, 0.6) is 0 Å². The van der Waals surface area contributed by atoms with E-state index in [1.807, 2.05) is 23.7 Å². The Bertz CT molecular complexity index is 1130. The van der Waals surface area contributed by atoms with Crippen molar-refractivity contribution in [3.8, 4) is 0 Å². The fourth-order valence-corrected chi connectivity index (χ4v) is 4.72. The van der Waals surface area contributed by atoms with Crippen LogP contribution in [0.4, 0.5) is 5.82 Å². The molecule has 5 rings (SSSR count). The van der Waals surface area contributed by atoms with Gasteiger partial charge in [-0.2, -0.15) is 10.4 Å². The van der Waals surface area contributed by atoms with E-state index in [0.29, 0.717) is 17.2 Å². The number of benzene rings is 2. The number of fused-ring (bicyclic) bond motifs is 1. The van der Waals surface area contributed by atoms with E-state index >= 15 is 0 Å². The SMILES string of the molecule is Cc1c2c(nn1C(C)(C)C)N=C(C1CN(C(c3ccccc3)c3ccccc3)C1)[N]C2=O. The number of aliphatic imine (C=N–C) groups is 1. The molecule has 6 heteroatoms. The second-order valence-electron chi connectivity index (χ2n) is 9.63. The fourth-order valence-electron chi connectivity index (χ4n) is 4.72. The molecule has 2 aliphatic heterocycles. The van der Waals surface area contributed by atoms with E-state index in [4.69, 9.17) is 4.99 Å². The number of carbonyl (C=O) groups is 1. The quantitative estimate of drug-likeness (QED) is 0.619. The summed E-state index contributed by atoms with van der Waals surface area (Å²) in [5, 5.41) is 9.02. The summed E-state index contributed by atoms with van der Waals surface area (Å²) in [4.78, 5) is 20.0. The second kappa shape index (κ2) is 7.71. The van der Waals surface area contributed by atoms with Crippen LogP contribution in [0.25, 0.3) is 0 Å². The van der Waals surface area contributed by atoms with Gasteiger partial charge in [-0.3, -0.25) is 14.4 Å². The summed E-state index contributed by atoms with van der Waals surface area (Å²) in [6.45, 7) is 9.74. The van der Waals surface area contributed by atoms with Gasteiger partial charge in [0, 0.05) is 19.0 Å². The van der Waals surface area contributed by atoms with E-state index in [1.54, 1.807) is 0 Å². The van der Waals surface area contributed by atoms with Gasteiger partial charge in [-0.05, 0) is 38.8 Å². The molecule has 3 aromatic rings. The number of amidine groups is 1. The lowest BCUT2D eigenvalue weighted by atomic mass is 9.89. The van der Waals surface area contributed by atoms with Gasteiger partial charge in [0.05, 0.1) is 17.3 Å². The van der Waals surface area contributed by atoms with E-state index < -0.39 is 0 Å². The van der Waals surface area contributed by atoms with E-state index in [0.717, 1.165) is 18.8 Å². The standard InChI is InChI=1S/C26H28N5O/c1-17-21-24(29-31(17)26(2,3)4)27-23(28-25(21)32)20-15-30(16-20)22(18-11-7-5-8-12-18)19-13-9-6-10-14-19/h5-14,20,22H,15-16H2,1-4H3. The second-order valence-corrected chi connectivity index (χ2v) is 9.63. The van der Waals surface area contributed by atoms with E-state index in [-0.39, 0.29) is 23.4 Å². The molecule has 0 unspecified atom stereocenters. The van der Waals surface area contributed by atoms with E-state index in [2.05, 4.69) is 84.6 Å². The van der Waals surface area contributed by atoms with Crippen LogP contribution in [0.1, 0.15) is 54.0 Å². The molecule has 1 fully saturated rings. The number of hydrogen-bond acceptors (Lipinski definition) is 4. The van der Waals surface area contributed by atoms with Crippen LogP contribution >= 0.6 is 0 Å². The zero-order chi connectivity index (χ0) is 22.5. The van der Waals surface area contributed by atoms with Crippen LogP contribution in [0, 0.1) is 12.8 Å². The van der Waals surface area contributed by atoms with Crippen molar-refractivity contribution in [3.63, 3.8) is 0 Å². The minimum atomic E-state index is -0.223. The molecule has 1 saturated heterocycles. The molecule has 0 spiro atoms. The lowest BCUT2D eigenvalue weighted by Crippen LogP contribution is -2.54. The summed E-state index contributed by atoms with van der Waals surface area (Å²) >= 11 is 0. The van der Waals surface area contributed by atoms with Crippen LogP contribution < -0.4 is 5.32 Å². The molecule has 2 aromatic carbocycles. The molecule has 0 saturated carbocycles. The Morgan fingerprint density at radius 1 is 0.938 bits per heavy atom. The molecular weight excluding hydrogens is 398 g/mol. The number of nitrogens with zero attached hydrogens (tertiary/aromatic N) is 5. The van der Waals surface area contributed by atoms with Gasteiger partial charge in [0.1, 0.15) is 11.4 Å². The molecule has 0 atom stereocenters. The number of likely N-dealkylation sites (tertiary alicyclic amines) is 1. The van der Waals surface area contributed by atoms with Crippen LogP contribution in [0.2, 0.25) is 0 Å². The predicted octanol–water partition coefficient (Wildman–Crippen LogP) is 4.46. The fraction of sp³-hybridized carbons (Fsp3) is 0.346. The highest BCUT2D eigenvalue weighted by Crippen LogP contribution is 2.36. The molecule has 163 valence electrons. The highest BCUT2D eigenvalue weighted by molar-refractivity contribution is 6.13. The molecule has 1 radical (unpaired) electrons. The maximum absolute atomic E-state index is 12.8. The molecule has 3 heterocycles. The highest BCUT2D eigenvalue weighted by Gasteiger charge is 2.40. The van der Waals surface area contributed by atoms with Crippen molar-refractivity contribution in [2.45, 2.75) is 39.3 Å². The van der Waals surface area contributed by atoms with Crippen LogP contribution in [-0.4, -0.2) is 39.5 Å². The summed E-state index contributed by atoms with van der Waals surface area (Å²) in [5.74, 6) is 1.02. The summed E-state index contributed by atoms with van der Waals surface area (Å²) in [6, 6.07) is 21.3. The largest absolute Gasteiger partial charge is 0.291 e. The molecule has 32 heavy (non-hydrogen) atoms. The van der Waals surface area contributed by atoms with Gasteiger partial charge in [-0.15, -0.1) is 0 Å². The monoisotopic (exact) mass is 426 g/mol. The molecule has 2 aliphatic rings. The van der Waals surface area contributed by atoms with Crippen molar-refractivity contribution in [2.24, 2.45) is 10.9 Å². The molecule has 1 amide bonds. The summed E-state index contributed by atoms with van der Waals surface area (Å²) in [5.41, 5.74) is 3.66. The van der Waals surface area contributed by atoms with Crippen molar-refractivity contribution in [1.82, 2.24) is 20.0 Å². The Balaban J connectivity index is 1.40. The Morgan fingerprint density at radius 3 is 2.03 bits per heavy atom. The van der Waals surface area contributed by atoms with Gasteiger partial charge < -0.3 is 0 Å². The lowest BCUT2D eigenvalue weighted by molar-refractivity contribution is 0.0922. The number of amides is 1. The molecule has 0 bridgehead atoms. The lowest BCUT2D eigenvalue weighted by Gasteiger charge is -2.44. The first-order valence-electron chi connectivity index (χ1n) is 11.1. The molecule has 6 nitrogen and oxygen atoms in total. The maximum atomic E-state index is 12.8. The maximum Gasteiger partial charge on any atom is 0.284 e. The first kappa shape index (κ1) is 20.6. The zero-order valence-electron chi connectivity index (χ0n) is 19.0. The molecule has 0 aliphatic carbocycles. The van der Waals surface area contributed by atoms with Crippen LogP contribution in [-0.2, 0) is 5.54 Å². The molecular formula is C26H28N5O. The van der Waals surface area contributed by atoms with Gasteiger partial charge in [0.25, 0.3) is 5.91 Å². The first-order chi connectivity index (χ1) is 15.3. The van der Waals surface area contributed by atoms with Crippen molar-refractivity contribution in [2.75, 3.05) is 13.1 Å². The van der Waals surface area contributed by atoms with Crippen molar-refractivity contribution < 1.29 is 4.79 Å². The third kappa shape index (κ3) is 3.54. The van der Waals surface area contributed by atoms with E-state index in [9.17, 15) is 4.79 Å². The summed E-state index contributed by atoms with van der Waals surface area (Å²) < 4.78 is 1.88. The Labute approximate surface area is 189 Å². The zero-order valence-corrected chi connectivity index (χ0v) is 19.0. The Kier molecular flexibility index (Phi) is 4.97. The third-order valence-electron chi connectivity index (χ3n) is 6.25. The minimum Gasteiger partial charge on any atom is -0.291 e. The van der Waals surface area contributed by atoms with Gasteiger partial charge in [-0.1, -0.05) is 60.7 Å². The van der Waals surface area contributed by atoms with Crippen molar-refractivity contribution >= 4 is 17.6 Å². The number of hydrogen-bond donors (Lipinski definition) is 0. The van der Waals surface area contributed by atoms with Gasteiger partial charge in [0.2, 0.25) is 0 Å². The number of aromatic nitrogens is 2. The van der Waals surface area contributed by atoms with Gasteiger partial charge >= 0.3 is 0 Å². The minimum absolute atomic E-state index is 0.127. The van der Waals surface area contributed by atoms with E-state index in [1.165, 1.54) is 11.1 Å². The topological polar surface area (TPSA) is 64.6 Å². The first-order valence-corrected chi connectivity index (χ1v) is 11.1. The number of carbonyl (C=O) groups excluding carboxylic acids is 1. The molecule has 1 aromatic heterocycles. The Morgan fingerprint density at radius 2 is 1.50 bits per heavy atom. The normalized spacial score (nSPS) is 17.0. The predicted molar refractivity (Wildman–Crippen MR) is 125 cm³/mol. The summed E-state index contributed by atoms with van der Waals surface area (Å²) in [6.07, 6.45) is 0. The van der Waals surface area contributed by atoms with Crippen LogP contribution in [0.3, 0.4) is 0 Å². The van der Waals surface area contributed by atoms with Crippen molar-refractivity contribution in [1.29, 1.82) is 0 Å². The van der Waals surface area contributed by atoms with Gasteiger partial charge in [0.15, 0.2) is 5.82 Å².